The maximum atomic E-state index is 12.1. The van der Waals surface area contributed by atoms with Crippen molar-refractivity contribution in [1.82, 2.24) is 5.32 Å². The molecule has 0 aromatic carbocycles. The van der Waals surface area contributed by atoms with E-state index in [0.717, 1.165) is 31.5 Å². The lowest BCUT2D eigenvalue weighted by Crippen LogP contribution is -2.27. The average Bonchev–Trinajstić information content (AvgIpc) is 2.52. The van der Waals surface area contributed by atoms with Crippen molar-refractivity contribution in [2.75, 3.05) is 19.8 Å². The van der Waals surface area contributed by atoms with Gasteiger partial charge in [0.05, 0.1) is 6.61 Å². The second kappa shape index (κ2) is 9.45. The number of esters is 1. The Balaban J connectivity index is 2.97. The zero-order valence-corrected chi connectivity index (χ0v) is 14.8. The van der Waals surface area contributed by atoms with Crippen LogP contribution >= 0.6 is 0 Å². The van der Waals surface area contributed by atoms with Gasteiger partial charge in [0.2, 0.25) is 0 Å². The maximum Gasteiger partial charge on any atom is 0.349 e. The quantitative estimate of drug-likeness (QED) is 0.270. The molecule has 134 valence electrons. The van der Waals surface area contributed by atoms with E-state index in [4.69, 9.17) is 9.84 Å². The minimum Gasteiger partial charge on any atom is -0.459 e. The molecular weight excluding hydrogens is 308 g/mol. The summed E-state index contributed by atoms with van der Waals surface area (Å²) in [6.45, 7) is 6.35. The second-order valence-electron chi connectivity index (χ2n) is 6.91. The largest absolute Gasteiger partial charge is 0.459 e. The summed E-state index contributed by atoms with van der Waals surface area (Å²) in [5.74, 6) is -0.762. The Bertz CT molecular complexity index is 544. The van der Waals surface area contributed by atoms with Gasteiger partial charge in [0, 0.05) is 12.2 Å². The first-order chi connectivity index (χ1) is 11.3. The highest BCUT2D eigenvalue weighted by molar-refractivity contribution is 5.94. The molecule has 0 amide bonds. The Labute approximate surface area is 143 Å². The lowest BCUT2D eigenvalue weighted by Gasteiger charge is -2.32. The van der Waals surface area contributed by atoms with Gasteiger partial charge in [-0.3, -0.25) is 0 Å². The van der Waals surface area contributed by atoms with E-state index in [1.165, 1.54) is 0 Å². The minimum absolute atomic E-state index is 0.0392. The predicted octanol–water partition coefficient (Wildman–Crippen LogP) is 1.80. The Kier molecular flexibility index (Phi) is 7.96. The molecule has 1 atom stereocenters. The lowest BCUT2D eigenvalue weighted by molar-refractivity contribution is -0.142. The van der Waals surface area contributed by atoms with Gasteiger partial charge in [-0.1, -0.05) is 27.2 Å². The number of unbranched alkanes of at least 4 members (excludes halogenated alkanes) is 1. The Morgan fingerprint density at radius 3 is 2.79 bits per heavy atom. The van der Waals surface area contributed by atoms with E-state index in [-0.39, 0.29) is 17.6 Å². The van der Waals surface area contributed by atoms with Crippen LogP contribution in [0.3, 0.4) is 0 Å². The van der Waals surface area contributed by atoms with Gasteiger partial charge in [-0.25, -0.2) is 4.79 Å². The fourth-order valence-corrected chi connectivity index (χ4v) is 2.65. The van der Waals surface area contributed by atoms with E-state index in [0.29, 0.717) is 12.0 Å². The third kappa shape index (κ3) is 6.34. The Hall–Kier alpha value is -1.84. The number of allylic oxidation sites excluding steroid dienone is 3. The van der Waals surface area contributed by atoms with Gasteiger partial charge in [-0.05, 0) is 36.3 Å². The van der Waals surface area contributed by atoms with Gasteiger partial charge in [0.25, 0.3) is 0 Å². The number of carbonyl (C=O) groups excluding carboxylic acids is 1. The molecule has 0 spiro atoms. The average molecular weight is 336 g/mol. The van der Waals surface area contributed by atoms with Crippen LogP contribution in [0.15, 0.2) is 22.9 Å². The molecule has 1 aliphatic rings. The van der Waals surface area contributed by atoms with Gasteiger partial charge in [0.15, 0.2) is 0 Å². The zero-order chi connectivity index (χ0) is 18.2. The molecule has 0 fully saturated rings. The third-order valence-corrected chi connectivity index (χ3v) is 3.82. The molecule has 0 heterocycles. The van der Waals surface area contributed by atoms with E-state index in [1.807, 2.05) is 12.1 Å². The number of hydrogen-bond donors (Lipinski definition) is 3. The number of nitrogens with one attached hydrogen (secondary N) is 1. The molecule has 0 aromatic rings. The number of aliphatic hydroxyl groups is 2. The Morgan fingerprint density at radius 2 is 2.21 bits per heavy atom. The first-order valence-electron chi connectivity index (χ1n) is 8.36. The van der Waals surface area contributed by atoms with Crippen LogP contribution in [0, 0.1) is 16.7 Å². The maximum absolute atomic E-state index is 12.1. The molecule has 3 N–H and O–H groups in total. The highest BCUT2D eigenvalue weighted by Crippen LogP contribution is 2.38. The molecule has 1 rings (SSSR count). The van der Waals surface area contributed by atoms with E-state index in [1.54, 1.807) is 0 Å². The molecule has 24 heavy (non-hydrogen) atoms. The van der Waals surface area contributed by atoms with E-state index < -0.39 is 18.7 Å². The SMILES string of the molecule is CCCCNC1=C/C(=C(/C#N)C(=O)OCC(O)CO)CC(C)(C)C1. The number of nitrogens with zero attached hydrogens (tertiary/aromatic N) is 1. The van der Waals surface area contributed by atoms with Crippen molar-refractivity contribution in [3.05, 3.63) is 22.9 Å². The predicted molar refractivity (Wildman–Crippen MR) is 90.7 cm³/mol. The van der Waals surface area contributed by atoms with Crippen molar-refractivity contribution in [3.8, 4) is 6.07 Å². The molecule has 0 bridgehead atoms. The van der Waals surface area contributed by atoms with Crippen LogP contribution in [-0.4, -0.2) is 42.0 Å². The highest BCUT2D eigenvalue weighted by Gasteiger charge is 2.29. The standard InChI is InChI=1S/C18H28N2O4/c1-4-5-6-20-14-7-13(8-18(2,3)9-14)16(10-19)17(23)24-12-15(22)11-21/h7,15,20-22H,4-6,8-9,11-12H2,1-3H3/b16-13+. The van der Waals surface area contributed by atoms with Crippen molar-refractivity contribution in [2.45, 2.75) is 52.6 Å². The summed E-state index contributed by atoms with van der Waals surface area (Å²) < 4.78 is 4.92. The Morgan fingerprint density at radius 1 is 1.50 bits per heavy atom. The number of nitriles is 1. The topological polar surface area (TPSA) is 103 Å². The molecule has 1 unspecified atom stereocenters. The van der Waals surface area contributed by atoms with Crippen LogP contribution in [0.5, 0.6) is 0 Å². The molecule has 6 nitrogen and oxygen atoms in total. The molecule has 0 radical (unpaired) electrons. The smallest absolute Gasteiger partial charge is 0.349 e. The summed E-state index contributed by atoms with van der Waals surface area (Å²) in [7, 11) is 0. The van der Waals surface area contributed by atoms with Crippen molar-refractivity contribution >= 4 is 5.97 Å². The van der Waals surface area contributed by atoms with Gasteiger partial charge in [-0.2, -0.15) is 5.26 Å². The summed E-state index contributed by atoms with van der Waals surface area (Å²) in [6.07, 6.45) is 4.34. The lowest BCUT2D eigenvalue weighted by atomic mass is 9.76. The van der Waals surface area contributed by atoms with Gasteiger partial charge < -0.3 is 20.3 Å². The van der Waals surface area contributed by atoms with E-state index in [9.17, 15) is 15.2 Å². The number of rotatable bonds is 8. The first-order valence-corrected chi connectivity index (χ1v) is 8.36. The summed E-state index contributed by atoms with van der Waals surface area (Å²) in [5, 5.41) is 30.8. The van der Waals surface area contributed by atoms with Crippen LogP contribution in [0.1, 0.15) is 46.5 Å². The van der Waals surface area contributed by atoms with Gasteiger partial charge >= 0.3 is 5.97 Å². The van der Waals surface area contributed by atoms with Gasteiger partial charge in [0.1, 0.15) is 24.4 Å². The van der Waals surface area contributed by atoms with Crippen LogP contribution in [0.2, 0.25) is 0 Å². The normalized spacial score (nSPS) is 19.8. The van der Waals surface area contributed by atoms with Crippen LogP contribution in [-0.2, 0) is 9.53 Å². The fourth-order valence-electron chi connectivity index (χ4n) is 2.65. The summed E-state index contributed by atoms with van der Waals surface area (Å²) >= 11 is 0. The monoisotopic (exact) mass is 336 g/mol. The third-order valence-electron chi connectivity index (χ3n) is 3.82. The van der Waals surface area contributed by atoms with E-state index in [2.05, 4.69) is 26.1 Å². The fraction of sp³-hybridized carbons (Fsp3) is 0.667. The van der Waals surface area contributed by atoms with Crippen LogP contribution in [0.25, 0.3) is 0 Å². The van der Waals surface area contributed by atoms with Crippen LogP contribution < -0.4 is 5.32 Å². The number of carbonyl (C=O) groups is 1. The summed E-state index contributed by atoms with van der Waals surface area (Å²) in [6, 6.07) is 1.93. The van der Waals surface area contributed by atoms with Crippen molar-refractivity contribution < 1.29 is 19.7 Å². The van der Waals surface area contributed by atoms with Crippen molar-refractivity contribution in [1.29, 1.82) is 5.26 Å². The van der Waals surface area contributed by atoms with Crippen LogP contribution in [0.4, 0.5) is 0 Å². The van der Waals surface area contributed by atoms with Crippen molar-refractivity contribution in [3.63, 3.8) is 0 Å². The first kappa shape index (κ1) is 20.2. The van der Waals surface area contributed by atoms with Crippen molar-refractivity contribution in [2.24, 2.45) is 5.41 Å². The molecule has 0 saturated carbocycles. The number of ether oxygens (including phenoxy) is 1. The highest BCUT2D eigenvalue weighted by atomic mass is 16.5. The number of aliphatic hydroxyl groups excluding tert-OH is 2. The summed E-state index contributed by atoms with van der Waals surface area (Å²) in [5.41, 5.74) is 1.57. The zero-order valence-electron chi connectivity index (χ0n) is 14.8. The van der Waals surface area contributed by atoms with E-state index >= 15 is 0 Å². The molecule has 0 aliphatic heterocycles. The molecular formula is C18H28N2O4. The minimum atomic E-state index is -1.14. The van der Waals surface area contributed by atoms with Gasteiger partial charge in [-0.15, -0.1) is 0 Å². The molecule has 6 heteroatoms. The molecule has 0 saturated heterocycles. The molecule has 0 aromatic heterocycles. The number of hydrogen-bond acceptors (Lipinski definition) is 6. The molecule has 1 aliphatic carbocycles. The second-order valence-corrected chi connectivity index (χ2v) is 6.91. The summed E-state index contributed by atoms with van der Waals surface area (Å²) in [4.78, 5) is 12.1.